The van der Waals surface area contributed by atoms with E-state index in [0.717, 1.165) is 16.8 Å². The Kier molecular flexibility index (Phi) is 7.67. The third kappa shape index (κ3) is 5.11. The number of rotatable bonds is 3. The van der Waals surface area contributed by atoms with E-state index in [9.17, 15) is 0 Å². The van der Waals surface area contributed by atoms with Crippen LogP contribution >= 0.6 is 27.5 Å². The van der Waals surface area contributed by atoms with Crippen LogP contribution in [0.4, 0.5) is 0 Å². The van der Waals surface area contributed by atoms with Gasteiger partial charge in [0.1, 0.15) is 5.75 Å². The van der Waals surface area contributed by atoms with E-state index in [2.05, 4.69) is 29.8 Å². The molecule has 0 aliphatic heterocycles. The first-order valence-electron chi connectivity index (χ1n) is 4.17. The molecule has 0 aromatic heterocycles. The molecule has 75 valence electrons. The molecule has 1 radical (unpaired) electrons. The Morgan fingerprint density at radius 1 is 1.43 bits per heavy atom. The fourth-order valence-corrected chi connectivity index (χ4v) is 1.25. The minimum Gasteiger partial charge on any atom is -0.493 e. The summed E-state index contributed by atoms with van der Waals surface area (Å²) in [5, 5.41) is 0.682. The fourth-order valence-electron chi connectivity index (χ4n) is 0.830. The van der Waals surface area contributed by atoms with Crippen molar-refractivity contribution in [2.75, 3.05) is 6.61 Å². The molecular formula is C10H12BrClOY. The molecule has 0 saturated heterocycles. The number of hydrogen-bond donors (Lipinski definition) is 0. The standard InChI is InChI=1S/C10H12BrClO.Y/c1-7(2)6-13-8-3-4-9(11)10(12)5-8;/h3-5,7H,6H2,1-2H3;. The second kappa shape index (κ2) is 7.21. The largest absolute Gasteiger partial charge is 0.493 e. The summed E-state index contributed by atoms with van der Waals surface area (Å²) in [6.07, 6.45) is 0. The molecule has 4 heteroatoms. The monoisotopic (exact) mass is 351 g/mol. The van der Waals surface area contributed by atoms with Gasteiger partial charge in [0.25, 0.3) is 0 Å². The van der Waals surface area contributed by atoms with Gasteiger partial charge in [0.2, 0.25) is 0 Å². The summed E-state index contributed by atoms with van der Waals surface area (Å²) in [4.78, 5) is 0. The van der Waals surface area contributed by atoms with Crippen LogP contribution < -0.4 is 4.74 Å². The van der Waals surface area contributed by atoms with Crippen molar-refractivity contribution in [2.24, 2.45) is 5.92 Å². The maximum absolute atomic E-state index is 5.90. The van der Waals surface area contributed by atoms with Gasteiger partial charge < -0.3 is 4.74 Å². The Balaban J connectivity index is 0.00000169. The van der Waals surface area contributed by atoms with E-state index in [1.807, 2.05) is 18.2 Å². The van der Waals surface area contributed by atoms with Gasteiger partial charge in [-0.3, -0.25) is 0 Å². The molecule has 0 spiro atoms. The van der Waals surface area contributed by atoms with Gasteiger partial charge >= 0.3 is 0 Å². The summed E-state index contributed by atoms with van der Waals surface area (Å²) in [6, 6.07) is 5.60. The van der Waals surface area contributed by atoms with Crippen molar-refractivity contribution >= 4 is 27.5 Å². The summed E-state index contributed by atoms with van der Waals surface area (Å²) < 4.78 is 6.39. The van der Waals surface area contributed by atoms with Crippen LogP contribution in [0.15, 0.2) is 22.7 Å². The number of ether oxygens (including phenoxy) is 1. The number of hydrogen-bond acceptors (Lipinski definition) is 1. The van der Waals surface area contributed by atoms with Gasteiger partial charge in [-0.15, -0.1) is 0 Å². The predicted octanol–water partition coefficient (Wildman–Crippen LogP) is 4.13. The molecule has 1 aromatic carbocycles. The van der Waals surface area contributed by atoms with E-state index in [0.29, 0.717) is 10.9 Å². The van der Waals surface area contributed by atoms with Crippen LogP contribution in [-0.4, -0.2) is 6.61 Å². The van der Waals surface area contributed by atoms with Gasteiger partial charge in [0.15, 0.2) is 0 Å². The Morgan fingerprint density at radius 2 is 2.07 bits per heavy atom. The topological polar surface area (TPSA) is 9.23 Å². The SMILES string of the molecule is CC(C)COc1ccc(Br)c(Cl)c1.[Y]. The molecule has 0 fully saturated rings. The minimum atomic E-state index is 0. The molecule has 0 heterocycles. The normalized spacial score (nSPS) is 9.79. The molecule has 1 rings (SSSR count). The molecule has 0 N–H and O–H groups in total. The molecule has 0 bridgehead atoms. The molecular weight excluding hydrogens is 340 g/mol. The van der Waals surface area contributed by atoms with E-state index in [4.69, 9.17) is 16.3 Å². The van der Waals surface area contributed by atoms with Crippen molar-refractivity contribution in [3.05, 3.63) is 27.7 Å². The van der Waals surface area contributed by atoms with Gasteiger partial charge in [-0.1, -0.05) is 25.4 Å². The van der Waals surface area contributed by atoms with Crippen molar-refractivity contribution in [3.8, 4) is 5.75 Å². The third-order valence-corrected chi connectivity index (χ3v) is 2.71. The smallest absolute Gasteiger partial charge is 0.120 e. The van der Waals surface area contributed by atoms with Crippen LogP contribution in [0.2, 0.25) is 5.02 Å². The van der Waals surface area contributed by atoms with E-state index in [-0.39, 0.29) is 32.7 Å². The Hall–Kier alpha value is 0.894. The van der Waals surface area contributed by atoms with Crippen LogP contribution in [-0.2, 0) is 32.7 Å². The molecule has 0 aliphatic carbocycles. The van der Waals surface area contributed by atoms with Gasteiger partial charge in [0, 0.05) is 37.2 Å². The first kappa shape index (κ1) is 14.9. The Morgan fingerprint density at radius 3 is 2.57 bits per heavy atom. The molecule has 0 unspecified atom stereocenters. The maximum Gasteiger partial charge on any atom is 0.120 e. The van der Waals surface area contributed by atoms with Crippen molar-refractivity contribution in [3.63, 3.8) is 0 Å². The van der Waals surface area contributed by atoms with Crippen LogP contribution in [0.25, 0.3) is 0 Å². The zero-order valence-corrected chi connectivity index (χ0v) is 13.4. The van der Waals surface area contributed by atoms with Gasteiger partial charge in [-0.25, -0.2) is 0 Å². The zero-order chi connectivity index (χ0) is 9.84. The van der Waals surface area contributed by atoms with Crippen molar-refractivity contribution in [1.82, 2.24) is 0 Å². The molecule has 1 aromatic rings. The first-order chi connectivity index (χ1) is 6.09. The van der Waals surface area contributed by atoms with Crippen LogP contribution in [0.3, 0.4) is 0 Å². The van der Waals surface area contributed by atoms with Gasteiger partial charge in [0.05, 0.1) is 11.6 Å². The van der Waals surface area contributed by atoms with Crippen LogP contribution in [0.5, 0.6) is 5.75 Å². The zero-order valence-electron chi connectivity index (χ0n) is 8.26. The molecule has 0 aliphatic rings. The van der Waals surface area contributed by atoms with E-state index in [1.54, 1.807) is 0 Å². The second-order valence-electron chi connectivity index (χ2n) is 3.28. The Bertz CT molecular complexity index is 291. The maximum atomic E-state index is 5.90. The van der Waals surface area contributed by atoms with Crippen molar-refractivity contribution < 1.29 is 37.4 Å². The third-order valence-electron chi connectivity index (χ3n) is 1.47. The Labute approximate surface area is 124 Å². The van der Waals surface area contributed by atoms with Gasteiger partial charge in [-0.2, -0.15) is 0 Å². The number of benzene rings is 1. The minimum absolute atomic E-state index is 0. The van der Waals surface area contributed by atoms with E-state index < -0.39 is 0 Å². The fraction of sp³-hybridized carbons (Fsp3) is 0.400. The molecule has 1 nitrogen and oxygen atoms in total. The molecule has 0 amide bonds. The predicted molar refractivity (Wildman–Crippen MR) is 59.5 cm³/mol. The second-order valence-corrected chi connectivity index (χ2v) is 4.54. The quantitative estimate of drug-likeness (QED) is 0.795. The molecule has 0 saturated carbocycles. The summed E-state index contributed by atoms with van der Waals surface area (Å²) in [6.45, 7) is 4.94. The van der Waals surface area contributed by atoms with Crippen molar-refractivity contribution in [2.45, 2.75) is 13.8 Å². The van der Waals surface area contributed by atoms with Crippen LogP contribution in [0, 0.1) is 5.92 Å². The van der Waals surface area contributed by atoms with Gasteiger partial charge in [-0.05, 0) is 40.0 Å². The summed E-state index contributed by atoms with van der Waals surface area (Å²) >= 11 is 9.22. The number of halogens is 2. The average molecular weight is 352 g/mol. The summed E-state index contributed by atoms with van der Waals surface area (Å²) in [5.74, 6) is 1.35. The molecule has 0 atom stereocenters. The van der Waals surface area contributed by atoms with Crippen LogP contribution in [0.1, 0.15) is 13.8 Å². The van der Waals surface area contributed by atoms with E-state index in [1.165, 1.54) is 0 Å². The summed E-state index contributed by atoms with van der Waals surface area (Å²) in [7, 11) is 0. The van der Waals surface area contributed by atoms with E-state index >= 15 is 0 Å². The average Bonchev–Trinajstić information content (AvgIpc) is 2.07. The molecule has 14 heavy (non-hydrogen) atoms. The van der Waals surface area contributed by atoms with Crippen molar-refractivity contribution in [1.29, 1.82) is 0 Å². The summed E-state index contributed by atoms with van der Waals surface area (Å²) in [5.41, 5.74) is 0. The first-order valence-corrected chi connectivity index (χ1v) is 5.34.